The fourth-order valence-corrected chi connectivity index (χ4v) is 1.65. The molecular weight excluding hydrogens is 218 g/mol. The van der Waals surface area contributed by atoms with Crippen LogP contribution in [0.15, 0.2) is 30.6 Å². The van der Waals surface area contributed by atoms with Crippen LogP contribution in [0, 0.1) is 0 Å². The van der Waals surface area contributed by atoms with Crippen LogP contribution in [0.25, 0.3) is 5.65 Å². The van der Waals surface area contributed by atoms with Gasteiger partial charge in [0.25, 0.3) is 0 Å². The zero-order chi connectivity index (χ0) is 11.7. The highest BCUT2D eigenvalue weighted by Crippen LogP contribution is 2.04. The van der Waals surface area contributed by atoms with Gasteiger partial charge in [-0.25, -0.2) is 4.68 Å². The van der Waals surface area contributed by atoms with Crippen LogP contribution < -0.4 is 5.73 Å². The van der Waals surface area contributed by atoms with Crippen molar-refractivity contribution in [2.75, 3.05) is 0 Å². The number of fused-ring (bicyclic) bond motifs is 1. The Kier molecular flexibility index (Phi) is 2.30. The van der Waals surface area contributed by atoms with Crippen molar-refractivity contribution in [2.45, 2.75) is 13.1 Å². The first-order chi connectivity index (χ1) is 8.36. The van der Waals surface area contributed by atoms with Gasteiger partial charge in [0.05, 0.1) is 11.9 Å². The van der Waals surface area contributed by atoms with Gasteiger partial charge in [0.2, 0.25) is 0 Å². The van der Waals surface area contributed by atoms with E-state index in [1.54, 1.807) is 4.68 Å². The summed E-state index contributed by atoms with van der Waals surface area (Å²) in [7, 11) is 0. The summed E-state index contributed by atoms with van der Waals surface area (Å²) in [5, 5.41) is 16.1. The van der Waals surface area contributed by atoms with Crippen LogP contribution in [0.2, 0.25) is 0 Å². The Morgan fingerprint density at radius 2 is 2.12 bits per heavy atom. The molecule has 0 aliphatic carbocycles. The standard InChI is InChI=1S/C10H11N7/c11-5-8-6-16(15-12-8)7-10-14-13-9-3-1-2-4-17(9)10/h1-4,6H,5,7,11H2. The molecule has 0 saturated heterocycles. The lowest BCUT2D eigenvalue weighted by Gasteiger charge is -1.98. The van der Waals surface area contributed by atoms with Gasteiger partial charge < -0.3 is 5.73 Å². The Hall–Kier alpha value is -2.28. The first-order valence-electron chi connectivity index (χ1n) is 5.24. The Morgan fingerprint density at radius 1 is 1.18 bits per heavy atom. The van der Waals surface area contributed by atoms with Crippen LogP contribution in [0.3, 0.4) is 0 Å². The van der Waals surface area contributed by atoms with E-state index in [2.05, 4.69) is 20.5 Å². The summed E-state index contributed by atoms with van der Waals surface area (Å²) in [4.78, 5) is 0. The van der Waals surface area contributed by atoms with Crippen molar-refractivity contribution >= 4 is 5.65 Å². The van der Waals surface area contributed by atoms with E-state index in [1.165, 1.54) is 0 Å². The maximum atomic E-state index is 5.48. The minimum Gasteiger partial charge on any atom is -0.325 e. The number of hydrogen-bond donors (Lipinski definition) is 1. The van der Waals surface area contributed by atoms with Crippen molar-refractivity contribution in [1.29, 1.82) is 0 Å². The van der Waals surface area contributed by atoms with Gasteiger partial charge in [-0.15, -0.1) is 15.3 Å². The molecule has 7 heteroatoms. The first kappa shape index (κ1) is 9.91. The molecule has 0 atom stereocenters. The van der Waals surface area contributed by atoms with Crippen molar-refractivity contribution in [3.8, 4) is 0 Å². The third-order valence-electron chi connectivity index (χ3n) is 2.48. The molecule has 86 valence electrons. The summed E-state index contributed by atoms with van der Waals surface area (Å²) in [6.07, 6.45) is 3.73. The molecule has 0 saturated carbocycles. The van der Waals surface area contributed by atoms with Gasteiger partial charge in [0.1, 0.15) is 6.54 Å². The maximum absolute atomic E-state index is 5.48. The molecule has 0 radical (unpaired) electrons. The summed E-state index contributed by atoms with van der Waals surface area (Å²) in [6, 6.07) is 5.77. The van der Waals surface area contributed by atoms with Crippen molar-refractivity contribution < 1.29 is 0 Å². The lowest BCUT2D eigenvalue weighted by atomic mass is 10.4. The van der Waals surface area contributed by atoms with Crippen LogP contribution in [0.1, 0.15) is 11.5 Å². The average molecular weight is 229 g/mol. The van der Waals surface area contributed by atoms with Crippen molar-refractivity contribution in [3.05, 3.63) is 42.1 Å². The van der Waals surface area contributed by atoms with E-state index in [4.69, 9.17) is 5.73 Å². The third kappa shape index (κ3) is 1.76. The summed E-state index contributed by atoms with van der Waals surface area (Å²) >= 11 is 0. The van der Waals surface area contributed by atoms with E-state index in [0.717, 1.165) is 17.2 Å². The SMILES string of the molecule is NCc1cn(Cc2nnc3ccccn23)nn1. The molecule has 0 aliphatic rings. The third-order valence-corrected chi connectivity index (χ3v) is 2.48. The second-order valence-electron chi connectivity index (χ2n) is 3.66. The molecule has 0 spiro atoms. The van der Waals surface area contributed by atoms with Gasteiger partial charge in [-0.2, -0.15) is 0 Å². The predicted molar refractivity (Wildman–Crippen MR) is 60.0 cm³/mol. The molecule has 0 amide bonds. The quantitative estimate of drug-likeness (QED) is 0.673. The zero-order valence-corrected chi connectivity index (χ0v) is 9.06. The lowest BCUT2D eigenvalue weighted by Crippen LogP contribution is -2.04. The normalized spacial score (nSPS) is 11.1. The number of rotatable bonds is 3. The number of hydrogen-bond acceptors (Lipinski definition) is 5. The molecule has 0 aliphatic heterocycles. The fourth-order valence-electron chi connectivity index (χ4n) is 1.65. The predicted octanol–water partition coefficient (Wildman–Crippen LogP) is -0.172. The summed E-state index contributed by atoms with van der Waals surface area (Å²) < 4.78 is 3.62. The minimum absolute atomic E-state index is 0.389. The average Bonchev–Trinajstić information content (AvgIpc) is 2.97. The molecule has 2 N–H and O–H groups in total. The monoisotopic (exact) mass is 229 g/mol. The lowest BCUT2D eigenvalue weighted by molar-refractivity contribution is 0.620. The smallest absolute Gasteiger partial charge is 0.160 e. The second-order valence-corrected chi connectivity index (χ2v) is 3.66. The molecule has 3 aromatic rings. The van der Waals surface area contributed by atoms with E-state index in [9.17, 15) is 0 Å². The van der Waals surface area contributed by atoms with E-state index >= 15 is 0 Å². The molecule has 0 fully saturated rings. The van der Waals surface area contributed by atoms with E-state index in [1.807, 2.05) is 35.0 Å². The van der Waals surface area contributed by atoms with Crippen LogP contribution in [0.5, 0.6) is 0 Å². The molecular formula is C10H11N7. The summed E-state index contributed by atoms with van der Waals surface area (Å²) in [5.41, 5.74) is 7.06. The fraction of sp³-hybridized carbons (Fsp3) is 0.200. The molecule has 0 aromatic carbocycles. The zero-order valence-electron chi connectivity index (χ0n) is 9.06. The van der Waals surface area contributed by atoms with Crippen LogP contribution in [-0.2, 0) is 13.1 Å². The molecule has 0 unspecified atom stereocenters. The van der Waals surface area contributed by atoms with Crippen LogP contribution in [0.4, 0.5) is 0 Å². The maximum Gasteiger partial charge on any atom is 0.160 e. The molecule has 3 aromatic heterocycles. The largest absolute Gasteiger partial charge is 0.325 e. The van der Waals surface area contributed by atoms with Gasteiger partial charge in [-0.1, -0.05) is 11.3 Å². The number of pyridine rings is 1. The highest BCUT2D eigenvalue weighted by atomic mass is 15.4. The Bertz CT molecular complexity index is 639. The topological polar surface area (TPSA) is 86.9 Å². The Labute approximate surface area is 96.9 Å². The molecule has 3 heterocycles. The van der Waals surface area contributed by atoms with E-state index in [0.29, 0.717) is 13.1 Å². The molecule has 17 heavy (non-hydrogen) atoms. The van der Waals surface area contributed by atoms with Crippen molar-refractivity contribution in [3.63, 3.8) is 0 Å². The Morgan fingerprint density at radius 3 is 2.94 bits per heavy atom. The minimum atomic E-state index is 0.389. The number of nitrogens with two attached hydrogens (primary N) is 1. The van der Waals surface area contributed by atoms with Gasteiger partial charge in [0.15, 0.2) is 11.5 Å². The van der Waals surface area contributed by atoms with E-state index in [-0.39, 0.29) is 0 Å². The van der Waals surface area contributed by atoms with Gasteiger partial charge in [0, 0.05) is 12.7 Å². The second kappa shape index (κ2) is 3.95. The van der Waals surface area contributed by atoms with Gasteiger partial charge in [-0.05, 0) is 12.1 Å². The van der Waals surface area contributed by atoms with Gasteiger partial charge in [-0.3, -0.25) is 4.40 Å². The van der Waals surface area contributed by atoms with Gasteiger partial charge >= 0.3 is 0 Å². The molecule has 0 bridgehead atoms. The van der Waals surface area contributed by atoms with Crippen LogP contribution >= 0.6 is 0 Å². The first-order valence-corrected chi connectivity index (χ1v) is 5.24. The number of aromatic nitrogens is 6. The van der Waals surface area contributed by atoms with E-state index < -0.39 is 0 Å². The molecule has 7 nitrogen and oxygen atoms in total. The summed E-state index contributed by atoms with van der Waals surface area (Å²) in [6.45, 7) is 0.915. The summed E-state index contributed by atoms with van der Waals surface area (Å²) in [5.74, 6) is 0.814. The van der Waals surface area contributed by atoms with Crippen LogP contribution in [-0.4, -0.2) is 29.6 Å². The molecule has 3 rings (SSSR count). The Balaban J connectivity index is 1.94. The highest BCUT2D eigenvalue weighted by molar-refractivity contribution is 5.36. The number of nitrogens with zero attached hydrogens (tertiary/aromatic N) is 6. The highest BCUT2D eigenvalue weighted by Gasteiger charge is 2.06. The van der Waals surface area contributed by atoms with Crippen molar-refractivity contribution in [1.82, 2.24) is 29.6 Å². The van der Waals surface area contributed by atoms with Crippen molar-refractivity contribution in [2.24, 2.45) is 5.73 Å².